The molecule has 1 unspecified atom stereocenters. The molecule has 0 saturated carbocycles. The van der Waals surface area contributed by atoms with E-state index >= 15 is 0 Å². The summed E-state index contributed by atoms with van der Waals surface area (Å²) < 4.78 is 47.7. The van der Waals surface area contributed by atoms with E-state index in [-0.39, 0.29) is 18.0 Å². The Bertz CT molecular complexity index is 882. The number of hydrogen-bond donors (Lipinski definition) is 0. The lowest BCUT2D eigenvalue weighted by Crippen LogP contribution is -2.26. The zero-order valence-corrected chi connectivity index (χ0v) is 14.2. The lowest BCUT2D eigenvalue weighted by atomic mass is 10.2. The van der Waals surface area contributed by atoms with E-state index in [1.54, 1.807) is 18.2 Å². The average Bonchev–Trinajstić information content (AvgIpc) is 2.94. The number of cyclic esters (lactones) is 1. The lowest BCUT2D eigenvalue weighted by Gasteiger charge is -2.13. The number of benzene rings is 2. The van der Waals surface area contributed by atoms with E-state index in [1.165, 1.54) is 35.2 Å². The highest BCUT2D eigenvalue weighted by atomic mass is 32.2. The maximum Gasteiger partial charge on any atom is 0.414 e. The van der Waals surface area contributed by atoms with Crippen LogP contribution in [-0.4, -0.2) is 33.8 Å². The minimum atomic E-state index is -3.94. The summed E-state index contributed by atoms with van der Waals surface area (Å²) >= 11 is 0. The summed E-state index contributed by atoms with van der Waals surface area (Å²) in [6.45, 7) is 1.61. The van der Waals surface area contributed by atoms with Crippen LogP contribution in [0, 0.1) is 12.7 Å². The van der Waals surface area contributed by atoms with Crippen LogP contribution in [0.1, 0.15) is 5.56 Å². The summed E-state index contributed by atoms with van der Waals surface area (Å²) in [5.41, 5.74) is 1.27. The van der Waals surface area contributed by atoms with Gasteiger partial charge in [-0.25, -0.2) is 9.18 Å². The number of ether oxygens (including phenoxy) is 1. The van der Waals surface area contributed by atoms with Crippen LogP contribution in [0.3, 0.4) is 0 Å². The molecule has 8 heteroatoms. The molecule has 0 aliphatic carbocycles. The van der Waals surface area contributed by atoms with Crippen molar-refractivity contribution < 1.29 is 26.5 Å². The Kier molecular flexibility index (Phi) is 4.73. The first-order chi connectivity index (χ1) is 11.8. The van der Waals surface area contributed by atoms with E-state index < -0.39 is 28.1 Å². The molecule has 1 fully saturated rings. The first-order valence-electron chi connectivity index (χ1n) is 7.55. The largest absolute Gasteiger partial charge is 0.441 e. The van der Waals surface area contributed by atoms with Crippen molar-refractivity contribution in [2.45, 2.75) is 17.9 Å². The molecule has 6 nitrogen and oxygen atoms in total. The summed E-state index contributed by atoms with van der Waals surface area (Å²) in [7, 11) is -3.94. The van der Waals surface area contributed by atoms with Gasteiger partial charge in [-0.15, -0.1) is 0 Å². The first kappa shape index (κ1) is 17.4. The van der Waals surface area contributed by atoms with Crippen molar-refractivity contribution in [1.82, 2.24) is 0 Å². The Morgan fingerprint density at radius 2 is 1.96 bits per heavy atom. The van der Waals surface area contributed by atoms with E-state index in [1.807, 2.05) is 6.92 Å². The highest BCUT2D eigenvalue weighted by molar-refractivity contribution is 7.86. The monoisotopic (exact) mass is 365 g/mol. The van der Waals surface area contributed by atoms with Crippen molar-refractivity contribution in [3.63, 3.8) is 0 Å². The van der Waals surface area contributed by atoms with Gasteiger partial charge in [0.05, 0.1) is 17.1 Å². The third-order valence-electron chi connectivity index (χ3n) is 3.71. The molecule has 1 aliphatic heterocycles. The predicted octanol–water partition coefficient (Wildman–Crippen LogP) is 2.86. The Balaban J connectivity index is 1.65. The van der Waals surface area contributed by atoms with E-state index in [2.05, 4.69) is 0 Å². The summed E-state index contributed by atoms with van der Waals surface area (Å²) in [6.07, 6.45) is -1.44. The SMILES string of the molecule is Cc1ccc(S(=O)(=O)OCC2CN(c3cccc(F)c3)C(=O)O2)cc1. The number of anilines is 1. The Labute approximate surface area is 144 Å². The van der Waals surface area contributed by atoms with Gasteiger partial charge in [-0.2, -0.15) is 8.42 Å². The summed E-state index contributed by atoms with van der Waals surface area (Å²) in [6, 6.07) is 11.7. The number of carbonyl (C=O) groups is 1. The fourth-order valence-corrected chi connectivity index (χ4v) is 3.34. The normalized spacial score (nSPS) is 17.6. The number of rotatable bonds is 5. The minimum absolute atomic E-state index is 0.0319. The summed E-state index contributed by atoms with van der Waals surface area (Å²) in [4.78, 5) is 13.2. The van der Waals surface area contributed by atoms with Crippen LogP contribution in [0.25, 0.3) is 0 Å². The molecule has 25 heavy (non-hydrogen) atoms. The van der Waals surface area contributed by atoms with Gasteiger partial charge in [0.15, 0.2) is 0 Å². The minimum Gasteiger partial charge on any atom is -0.441 e. The van der Waals surface area contributed by atoms with Crippen molar-refractivity contribution in [2.24, 2.45) is 0 Å². The Morgan fingerprint density at radius 3 is 2.64 bits per heavy atom. The second-order valence-corrected chi connectivity index (χ2v) is 7.26. The van der Waals surface area contributed by atoms with Crippen LogP contribution in [0.5, 0.6) is 0 Å². The fourth-order valence-electron chi connectivity index (χ4n) is 2.40. The zero-order chi connectivity index (χ0) is 18.0. The van der Waals surface area contributed by atoms with Crippen LogP contribution in [0.4, 0.5) is 14.9 Å². The third-order valence-corrected chi connectivity index (χ3v) is 5.01. The molecule has 0 N–H and O–H groups in total. The number of hydrogen-bond acceptors (Lipinski definition) is 5. The molecular weight excluding hydrogens is 349 g/mol. The van der Waals surface area contributed by atoms with Gasteiger partial charge in [-0.1, -0.05) is 23.8 Å². The molecule has 1 atom stereocenters. The maximum absolute atomic E-state index is 13.3. The van der Waals surface area contributed by atoms with Crippen LogP contribution in [0.15, 0.2) is 53.4 Å². The zero-order valence-electron chi connectivity index (χ0n) is 13.4. The standard InChI is InChI=1S/C17H16FNO5S/c1-12-5-7-16(8-6-12)25(21,22)23-11-15-10-19(17(20)24-15)14-4-2-3-13(18)9-14/h2-9,15H,10-11H2,1H3. The molecule has 0 bridgehead atoms. The molecule has 0 radical (unpaired) electrons. The van der Waals surface area contributed by atoms with E-state index in [0.717, 1.165) is 5.56 Å². The van der Waals surface area contributed by atoms with Crippen LogP contribution in [0.2, 0.25) is 0 Å². The smallest absolute Gasteiger partial charge is 0.414 e. The van der Waals surface area contributed by atoms with Gasteiger partial charge in [0.25, 0.3) is 10.1 Å². The highest BCUT2D eigenvalue weighted by Crippen LogP contribution is 2.23. The second kappa shape index (κ2) is 6.81. The molecule has 3 rings (SSSR count). The molecule has 2 aromatic carbocycles. The van der Waals surface area contributed by atoms with E-state index in [9.17, 15) is 17.6 Å². The van der Waals surface area contributed by atoms with Crippen LogP contribution < -0.4 is 4.90 Å². The highest BCUT2D eigenvalue weighted by Gasteiger charge is 2.34. The fraction of sp³-hybridized carbons (Fsp3) is 0.235. The number of aryl methyl sites for hydroxylation is 1. The molecule has 2 aromatic rings. The molecule has 0 aromatic heterocycles. The molecular formula is C17H16FNO5S. The summed E-state index contributed by atoms with van der Waals surface area (Å²) in [5, 5.41) is 0. The van der Waals surface area contributed by atoms with Gasteiger partial charge in [0.2, 0.25) is 0 Å². The first-order valence-corrected chi connectivity index (χ1v) is 8.96. The number of amides is 1. The molecule has 1 aliphatic rings. The molecule has 1 amide bonds. The molecule has 1 heterocycles. The van der Waals surface area contributed by atoms with Gasteiger partial charge in [-0.3, -0.25) is 9.08 Å². The Morgan fingerprint density at radius 1 is 1.24 bits per heavy atom. The van der Waals surface area contributed by atoms with Crippen molar-refractivity contribution in [3.8, 4) is 0 Å². The Hall–Kier alpha value is -2.45. The quantitative estimate of drug-likeness (QED) is 0.762. The molecule has 132 valence electrons. The van der Waals surface area contributed by atoms with Crippen molar-refractivity contribution >= 4 is 21.9 Å². The lowest BCUT2D eigenvalue weighted by molar-refractivity contribution is 0.107. The predicted molar refractivity (Wildman–Crippen MR) is 88.3 cm³/mol. The van der Waals surface area contributed by atoms with Crippen LogP contribution in [-0.2, 0) is 19.0 Å². The van der Waals surface area contributed by atoms with Gasteiger partial charge in [0.1, 0.15) is 18.5 Å². The van der Waals surface area contributed by atoms with Gasteiger partial charge in [0, 0.05) is 0 Å². The maximum atomic E-state index is 13.3. The molecule has 0 spiro atoms. The second-order valence-electron chi connectivity index (χ2n) is 5.65. The van der Waals surface area contributed by atoms with E-state index in [0.29, 0.717) is 5.69 Å². The van der Waals surface area contributed by atoms with Crippen molar-refractivity contribution in [3.05, 3.63) is 59.9 Å². The topological polar surface area (TPSA) is 72.9 Å². The number of nitrogens with zero attached hydrogens (tertiary/aromatic N) is 1. The summed E-state index contributed by atoms with van der Waals surface area (Å²) in [5.74, 6) is -0.480. The number of carbonyl (C=O) groups excluding carboxylic acids is 1. The van der Waals surface area contributed by atoms with Crippen molar-refractivity contribution in [2.75, 3.05) is 18.1 Å². The van der Waals surface area contributed by atoms with Crippen LogP contribution >= 0.6 is 0 Å². The van der Waals surface area contributed by atoms with E-state index in [4.69, 9.17) is 8.92 Å². The van der Waals surface area contributed by atoms with Gasteiger partial charge in [-0.05, 0) is 37.3 Å². The van der Waals surface area contributed by atoms with Gasteiger partial charge < -0.3 is 4.74 Å². The molecule has 1 saturated heterocycles. The van der Waals surface area contributed by atoms with Gasteiger partial charge >= 0.3 is 6.09 Å². The van der Waals surface area contributed by atoms with Crippen molar-refractivity contribution in [1.29, 1.82) is 0 Å². The number of halogens is 1. The third kappa shape index (κ3) is 3.97. The average molecular weight is 365 g/mol.